The summed E-state index contributed by atoms with van der Waals surface area (Å²) in [6.07, 6.45) is 5.30. The summed E-state index contributed by atoms with van der Waals surface area (Å²) in [5, 5.41) is 3.72. The second-order valence-electron chi connectivity index (χ2n) is 3.67. The summed E-state index contributed by atoms with van der Waals surface area (Å²) in [7, 11) is 0. The predicted molar refractivity (Wildman–Crippen MR) is 73.5 cm³/mol. The van der Waals surface area contributed by atoms with Crippen LogP contribution >= 0.6 is 0 Å². The molecule has 0 aromatic heterocycles. The van der Waals surface area contributed by atoms with Gasteiger partial charge in [0.25, 0.3) is 0 Å². The highest BCUT2D eigenvalue weighted by Gasteiger charge is 2.05. The Kier molecular flexibility index (Phi) is 5.00. The number of hydrogen-bond acceptors (Lipinski definition) is 3. The average molecular weight is 248 g/mol. The molecule has 1 aromatic rings. The lowest BCUT2D eigenvalue weighted by molar-refractivity contribution is 0.601. The van der Waals surface area contributed by atoms with E-state index in [0.717, 1.165) is 16.0 Å². The summed E-state index contributed by atoms with van der Waals surface area (Å²) >= 11 is -0.967. The minimum Gasteiger partial charge on any atom is -0.612 e. The van der Waals surface area contributed by atoms with Gasteiger partial charge in [-0.1, -0.05) is 18.2 Å². The number of rotatable bonds is 4. The fraction of sp³-hybridized carbons (Fsp3) is 0.154. The van der Waals surface area contributed by atoms with E-state index in [2.05, 4.69) is 11.7 Å². The summed E-state index contributed by atoms with van der Waals surface area (Å²) in [6.45, 7) is 5.67. The maximum atomic E-state index is 11.2. The number of nitrogens with two attached hydrogens (primary N) is 1. The van der Waals surface area contributed by atoms with E-state index in [-0.39, 0.29) is 0 Å². The van der Waals surface area contributed by atoms with Crippen LogP contribution in [0, 0.1) is 0 Å². The Morgan fingerprint density at radius 2 is 1.94 bits per heavy atom. The quantitative estimate of drug-likeness (QED) is 0.292. The molecule has 0 bridgehead atoms. The van der Waals surface area contributed by atoms with Crippen molar-refractivity contribution in [3.05, 3.63) is 54.1 Å². The van der Waals surface area contributed by atoms with Crippen molar-refractivity contribution in [2.75, 3.05) is 6.26 Å². The lowest BCUT2D eigenvalue weighted by Gasteiger charge is -2.05. The van der Waals surface area contributed by atoms with Crippen LogP contribution < -0.4 is 5.84 Å². The lowest BCUT2D eigenvalue weighted by atomic mass is 10.1. The number of allylic oxidation sites excluding steroid dienone is 3. The summed E-state index contributed by atoms with van der Waals surface area (Å²) in [5.41, 5.74) is 2.48. The third-order valence-electron chi connectivity index (χ3n) is 2.15. The fourth-order valence-electron chi connectivity index (χ4n) is 1.25. The van der Waals surface area contributed by atoms with Crippen molar-refractivity contribution in [1.82, 2.24) is 0 Å². The van der Waals surface area contributed by atoms with Gasteiger partial charge >= 0.3 is 0 Å². The molecule has 90 valence electrons. The molecule has 0 saturated heterocycles. The third-order valence-corrected chi connectivity index (χ3v) is 3.08. The van der Waals surface area contributed by atoms with Crippen LogP contribution in [-0.4, -0.2) is 16.5 Å². The molecular formula is C13H16N2OS. The second-order valence-corrected chi connectivity index (χ2v) is 5.05. The molecule has 0 spiro atoms. The highest BCUT2D eigenvalue weighted by Crippen LogP contribution is 2.11. The van der Waals surface area contributed by atoms with Crippen LogP contribution in [0.1, 0.15) is 12.5 Å². The van der Waals surface area contributed by atoms with Gasteiger partial charge in [-0.05, 0) is 48.4 Å². The van der Waals surface area contributed by atoms with Crippen LogP contribution in [0.4, 0.5) is 0 Å². The molecule has 0 fully saturated rings. The highest BCUT2D eigenvalue weighted by molar-refractivity contribution is 7.90. The van der Waals surface area contributed by atoms with E-state index in [1.165, 1.54) is 0 Å². The molecule has 4 heteroatoms. The van der Waals surface area contributed by atoms with Gasteiger partial charge in [-0.2, -0.15) is 5.10 Å². The van der Waals surface area contributed by atoms with E-state index in [9.17, 15) is 4.55 Å². The van der Waals surface area contributed by atoms with Crippen molar-refractivity contribution < 1.29 is 4.55 Å². The lowest BCUT2D eigenvalue weighted by Crippen LogP contribution is -2.02. The second kappa shape index (κ2) is 6.27. The molecule has 17 heavy (non-hydrogen) atoms. The molecule has 1 rings (SSSR count). The Hall–Kier alpha value is -1.52. The van der Waals surface area contributed by atoms with Gasteiger partial charge in [0.1, 0.15) is 6.26 Å². The maximum Gasteiger partial charge on any atom is 0.152 e. The smallest absolute Gasteiger partial charge is 0.152 e. The largest absolute Gasteiger partial charge is 0.612 e. The minimum atomic E-state index is -0.967. The third kappa shape index (κ3) is 4.09. The molecule has 1 unspecified atom stereocenters. The molecule has 0 amide bonds. The topological polar surface area (TPSA) is 61.4 Å². The van der Waals surface area contributed by atoms with Gasteiger partial charge in [-0.15, -0.1) is 0 Å². The summed E-state index contributed by atoms with van der Waals surface area (Å²) < 4.78 is 11.2. The number of hydrazone groups is 1. The van der Waals surface area contributed by atoms with Gasteiger partial charge in [-0.25, -0.2) is 0 Å². The van der Waals surface area contributed by atoms with Crippen LogP contribution in [0.25, 0.3) is 0 Å². The Labute approximate surface area is 105 Å². The predicted octanol–water partition coefficient (Wildman–Crippen LogP) is 2.22. The SMILES string of the molecule is C=C(C)/C=C\C(=N/N)c1ccc([S+](C)[O-])cc1. The van der Waals surface area contributed by atoms with E-state index >= 15 is 0 Å². The van der Waals surface area contributed by atoms with Crippen LogP contribution in [-0.2, 0) is 11.2 Å². The first-order chi connectivity index (χ1) is 8.04. The molecule has 3 nitrogen and oxygen atoms in total. The van der Waals surface area contributed by atoms with Crippen LogP contribution in [0.2, 0.25) is 0 Å². The standard InChI is InChI=1S/C13H16N2OS/c1-10(2)4-9-13(15-14)11-5-7-12(8-6-11)17(3)16/h4-9H,1,14H2,2-3H3/b9-4-,15-13+. The fourth-order valence-corrected chi connectivity index (χ4v) is 1.77. The molecular weight excluding hydrogens is 232 g/mol. The Morgan fingerprint density at radius 1 is 1.35 bits per heavy atom. The molecule has 2 N–H and O–H groups in total. The molecule has 0 aliphatic rings. The van der Waals surface area contributed by atoms with Gasteiger partial charge in [0.15, 0.2) is 4.90 Å². The normalized spacial score (nSPS) is 13.9. The molecule has 0 aliphatic heterocycles. The Morgan fingerprint density at radius 3 is 2.35 bits per heavy atom. The zero-order valence-electron chi connectivity index (χ0n) is 10.0. The monoisotopic (exact) mass is 248 g/mol. The highest BCUT2D eigenvalue weighted by atomic mass is 32.2. The minimum absolute atomic E-state index is 0.668. The molecule has 0 saturated carbocycles. The summed E-state index contributed by atoms with van der Waals surface area (Å²) in [6, 6.07) is 7.33. The molecule has 0 heterocycles. The van der Waals surface area contributed by atoms with Gasteiger partial charge < -0.3 is 10.4 Å². The van der Waals surface area contributed by atoms with E-state index in [1.54, 1.807) is 12.3 Å². The van der Waals surface area contributed by atoms with E-state index in [1.807, 2.05) is 37.3 Å². The van der Waals surface area contributed by atoms with Crippen molar-refractivity contribution in [3.63, 3.8) is 0 Å². The van der Waals surface area contributed by atoms with Crippen LogP contribution in [0.5, 0.6) is 0 Å². The zero-order chi connectivity index (χ0) is 12.8. The number of benzene rings is 1. The summed E-state index contributed by atoms with van der Waals surface area (Å²) in [4.78, 5) is 0.786. The molecule has 1 atom stereocenters. The van der Waals surface area contributed by atoms with Crippen molar-refractivity contribution in [3.8, 4) is 0 Å². The average Bonchev–Trinajstić information content (AvgIpc) is 2.30. The van der Waals surface area contributed by atoms with Crippen molar-refractivity contribution in [1.29, 1.82) is 0 Å². The first-order valence-corrected chi connectivity index (χ1v) is 6.65. The molecule has 0 aliphatic carbocycles. The van der Waals surface area contributed by atoms with Crippen LogP contribution in [0.15, 0.2) is 58.6 Å². The van der Waals surface area contributed by atoms with Gasteiger partial charge in [0, 0.05) is 5.56 Å². The van der Waals surface area contributed by atoms with Gasteiger partial charge in [-0.3, -0.25) is 0 Å². The number of nitrogens with zero attached hydrogens (tertiary/aromatic N) is 1. The first kappa shape index (κ1) is 13.5. The van der Waals surface area contributed by atoms with E-state index in [4.69, 9.17) is 5.84 Å². The first-order valence-electron chi connectivity index (χ1n) is 5.10. The Balaban J connectivity index is 2.95. The number of hydrogen-bond donors (Lipinski definition) is 1. The van der Waals surface area contributed by atoms with Gasteiger partial charge in [0.2, 0.25) is 0 Å². The maximum absolute atomic E-state index is 11.2. The van der Waals surface area contributed by atoms with Crippen LogP contribution in [0.3, 0.4) is 0 Å². The van der Waals surface area contributed by atoms with Crippen molar-refractivity contribution in [2.45, 2.75) is 11.8 Å². The molecule has 1 aromatic carbocycles. The van der Waals surface area contributed by atoms with E-state index < -0.39 is 11.2 Å². The Bertz CT molecular complexity index is 447. The van der Waals surface area contributed by atoms with Gasteiger partial charge in [0.05, 0.1) is 5.71 Å². The van der Waals surface area contributed by atoms with Crippen molar-refractivity contribution in [2.24, 2.45) is 10.9 Å². The molecule has 0 radical (unpaired) electrons. The van der Waals surface area contributed by atoms with E-state index in [0.29, 0.717) is 5.71 Å². The zero-order valence-corrected chi connectivity index (χ0v) is 10.8. The summed E-state index contributed by atoms with van der Waals surface area (Å²) in [5.74, 6) is 5.34. The van der Waals surface area contributed by atoms with Crippen molar-refractivity contribution >= 4 is 16.9 Å².